The van der Waals surface area contributed by atoms with Gasteiger partial charge in [0, 0.05) is 209 Å². The molecule has 0 unspecified atom stereocenters. The first kappa shape index (κ1) is 73.8. The first-order valence-corrected chi connectivity index (χ1v) is 33.6. The Balaban J connectivity index is 0.000000145. The molecule has 5 nitrogen and oxygen atoms in total. The third-order valence-corrected chi connectivity index (χ3v) is 15.9. The smallest absolute Gasteiger partial charge is 0.105 e. The molecule has 0 saturated carbocycles. The Morgan fingerprint density at radius 3 is 0.392 bits per heavy atom. The normalized spacial score (nSPS) is 12.7. The molecule has 1 radical (unpaired) electrons. The summed E-state index contributed by atoms with van der Waals surface area (Å²) in [6.45, 7) is 0. The molecule has 10 aromatic carbocycles. The Morgan fingerprint density at radius 1 is 0.196 bits per heavy atom. The summed E-state index contributed by atoms with van der Waals surface area (Å²) in [5, 5.41) is 41.8. The van der Waals surface area contributed by atoms with Gasteiger partial charge in [-0.3, -0.25) is 7.32 Å². The van der Waals surface area contributed by atoms with Gasteiger partial charge >= 0.3 is 0 Å². The number of hydrogen-bond donors (Lipinski definition) is 0. The van der Waals surface area contributed by atoms with Crippen LogP contribution in [0.25, 0.3) is 27.9 Å². The fourth-order valence-corrected chi connectivity index (χ4v) is 11.6. The summed E-state index contributed by atoms with van der Waals surface area (Å²) in [5.41, 5.74) is 25.1. The maximum atomic E-state index is 8.42. The lowest BCUT2D eigenvalue weighted by Crippen LogP contribution is -2.56. The molecule has 0 fully saturated rings. The second-order valence-corrected chi connectivity index (χ2v) is 22.8. The highest BCUT2D eigenvalue weighted by Gasteiger charge is 2.22. The summed E-state index contributed by atoms with van der Waals surface area (Å²) in [4.78, 5) is 0. The highest BCUT2D eigenvalue weighted by atomic mass is 16.5. The summed E-state index contributed by atoms with van der Waals surface area (Å²) < 4.78 is 0. The molecule has 102 heavy (non-hydrogen) atoms. The van der Waals surface area contributed by atoms with Crippen molar-refractivity contribution < 1.29 is 25.1 Å². The van der Waals surface area contributed by atoms with E-state index in [-0.39, 0.29) is 0 Å². The van der Waals surface area contributed by atoms with E-state index in [1.54, 1.807) is 0 Å². The van der Waals surface area contributed by atoms with Crippen molar-refractivity contribution in [1.29, 1.82) is 0 Å². The summed E-state index contributed by atoms with van der Waals surface area (Å²) in [5.74, 6) is 0. The van der Waals surface area contributed by atoms with Crippen LogP contribution >= 0.6 is 0 Å². The largest absolute Gasteiger partial charge is 0.907 e. The fraction of sp³-hybridized carbons (Fsp3) is 0. The molecule has 15 rings (SSSR count). The number of hydrogen-bond acceptors (Lipinski definition) is 5. The maximum absolute atomic E-state index is 8.42. The molecule has 0 N–H and O–H groups in total. The molecule has 0 aliphatic heterocycles. The SMILES string of the molecule is C1=C[CH+]C(=C(c2ccccc2)c2ccccc2)C=C1.C1=C[CH+]C(=C(c2ccccc2)c2ccccc2)C=C1.C1=C[CH+]C(=C(c2ccccc2)c2ccccc2)C=C1.C1=C[CH+]C(=C(c2ccccc2)c2ccccc2)C=C1.C1=C[CH+]C(=C(c2ccccc2)c2ccccc2)C=C1.[O-]B([O-])[O-].[O-][B][O-]. The molecular weight excluding hydrogens is 1240 g/mol. The van der Waals surface area contributed by atoms with E-state index < -0.39 is 15.0 Å². The summed E-state index contributed by atoms with van der Waals surface area (Å²) >= 11 is 0. The van der Waals surface area contributed by atoms with Crippen molar-refractivity contribution in [2.75, 3.05) is 0 Å². The standard InChI is InChI=1S/5C19H15.BO3.BO2/c5*1-4-10-16(11-5-1)19(17-12-6-2-7-13-17)18-14-8-3-9-15-18;2-1(3)4;2-1-3/h5*1-15H;;/q5*+1;-3;-2. The van der Waals surface area contributed by atoms with Crippen LogP contribution in [0.3, 0.4) is 0 Å². The zero-order valence-electron chi connectivity index (χ0n) is 56.5. The van der Waals surface area contributed by atoms with Gasteiger partial charge < -0.3 is 25.1 Å². The minimum absolute atomic E-state index is 0.500. The lowest BCUT2D eigenvalue weighted by molar-refractivity contribution is -0.479. The van der Waals surface area contributed by atoms with Crippen LogP contribution < -0.4 is 25.1 Å². The molecule has 0 heterocycles. The third-order valence-electron chi connectivity index (χ3n) is 15.9. The van der Waals surface area contributed by atoms with Crippen molar-refractivity contribution in [3.05, 3.63) is 540 Å². The van der Waals surface area contributed by atoms with Crippen LogP contribution in [0.2, 0.25) is 0 Å². The first-order chi connectivity index (χ1) is 50.4. The Hall–Kier alpha value is -12.4. The van der Waals surface area contributed by atoms with Crippen molar-refractivity contribution in [3.8, 4) is 0 Å². The molecule has 491 valence electrons. The van der Waals surface area contributed by atoms with Gasteiger partial charge in [0.25, 0.3) is 0 Å². The third kappa shape index (κ3) is 23.4. The molecule has 10 aromatic rings. The van der Waals surface area contributed by atoms with Crippen molar-refractivity contribution in [2.45, 2.75) is 0 Å². The number of rotatable bonds is 10. The predicted octanol–water partition coefficient (Wildman–Crippen LogP) is 17.4. The monoisotopic (exact) mass is 1320 g/mol. The summed E-state index contributed by atoms with van der Waals surface area (Å²) in [7, 11) is -3.42. The molecule has 5 aliphatic carbocycles. The lowest BCUT2D eigenvalue weighted by atomic mass is 9.90. The molecule has 5 aliphatic rings. The van der Waals surface area contributed by atoms with E-state index in [1.807, 2.05) is 0 Å². The predicted molar refractivity (Wildman–Crippen MR) is 419 cm³/mol. The van der Waals surface area contributed by atoms with E-state index in [2.05, 4.69) is 457 Å². The first-order valence-electron chi connectivity index (χ1n) is 33.6. The van der Waals surface area contributed by atoms with Gasteiger partial charge in [0.2, 0.25) is 0 Å². The molecule has 7 heteroatoms. The molecule has 0 saturated heterocycles. The van der Waals surface area contributed by atoms with Gasteiger partial charge in [0.05, 0.1) is 27.9 Å². The number of benzene rings is 10. The lowest BCUT2D eigenvalue weighted by Gasteiger charge is -2.35. The molecule has 0 bridgehead atoms. The minimum Gasteiger partial charge on any atom is -0.907 e. The highest BCUT2D eigenvalue weighted by Crippen LogP contribution is 2.35. The molecule has 0 amide bonds. The molecular formula is C95H75B2O5. The van der Waals surface area contributed by atoms with Gasteiger partial charge in [-0.15, -0.1) is 0 Å². The van der Waals surface area contributed by atoms with Crippen LogP contribution in [0, 0.1) is 32.1 Å². The summed E-state index contributed by atoms with van der Waals surface area (Å²) in [6.07, 6.45) is 52.7. The Morgan fingerprint density at radius 2 is 0.304 bits per heavy atom. The average molecular weight is 1320 g/mol. The van der Waals surface area contributed by atoms with Gasteiger partial charge in [-0.05, 0) is 121 Å². The second kappa shape index (κ2) is 42.4. The summed E-state index contributed by atoms with van der Waals surface area (Å²) in [6, 6.07) is 105. The number of allylic oxidation sites excluding steroid dienone is 25. The zero-order valence-corrected chi connectivity index (χ0v) is 56.5. The Labute approximate surface area is 604 Å². The quantitative estimate of drug-likeness (QED) is 0.0999. The van der Waals surface area contributed by atoms with Crippen molar-refractivity contribution in [2.24, 2.45) is 0 Å². The van der Waals surface area contributed by atoms with E-state index >= 15 is 0 Å². The van der Waals surface area contributed by atoms with E-state index in [0.29, 0.717) is 0 Å². The van der Waals surface area contributed by atoms with E-state index in [0.717, 1.165) is 0 Å². The van der Waals surface area contributed by atoms with Gasteiger partial charge in [0.1, 0.15) is 27.9 Å². The zero-order chi connectivity index (χ0) is 70.9. The van der Waals surface area contributed by atoms with Crippen molar-refractivity contribution in [3.63, 3.8) is 0 Å². The Bertz CT molecular complexity index is 3740. The molecule has 0 spiro atoms. The van der Waals surface area contributed by atoms with Gasteiger partial charge in [-0.2, -0.15) is 0 Å². The average Bonchev–Trinajstić information content (AvgIpc) is 0.889. The maximum Gasteiger partial charge on any atom is 0.105 e. The topological polar surface area (TPSA) is 115 Å². The van der Waals surface area contributed by atoms with Gasteiger partial charge in [-0.25, -0.2) is 7.69 Å². The van der Waals surface area contributed by atoms with E-state index in [9.17, 15) is 0 Å². The van der Waals surface area contributed by atoms with Crippen molar-refractivity contribution >= 4 is 42.9 Å². The van der Waals surface area contributed by atoms with Crippen LogP contribution in [0.4, 0.5) is 0 Å². The van der Waals surface area contributed by atoms with E-state index in [4.69, 9.17) is 25.1 Å². The van der Waals surface area contributed by atoms with Crippen molar-refractivity contribution in [1.82, 2.24) is 0 Å². The molecule has 0 aromatic heterocycles. The van der Waals surface area contributed by atoms with E-state index in [1.165, 1.54) is 111 Å². The minimum atomic E-state index is -2.92. The van der Waals surface area contributed by atoms with Crippen LogP contribution in [0.5, 0.6) is 0 Å². The van der Waals surface area contributed by atoms with Crippen LogP contribution in [-0.4, -0.2) is 15.0 Å². The van der Waals surface area contributed by atoms with Crippen LogP contribution in [0.1, 0.15) is 55.6 Å². The Kier molecular flexibility index (Phi) is 30.7. The van der Waals surface area contributed by atoms with Gasteiger partial charge in [0.15, 0.2) is 0 Å². The molecule has 0 atom stereocenters. The second-order valence-electron chi connectivity index (χ2n) is 22.8. The fourth-order valence-electron chi connectivity index (χ4n) is 11.6. The van der Waals surface area contributed by atoms with Crippen LogP contribution in [-0.2, 0) is 0 Å². The van der Waals surface area contributed by atoms with Crippen LogP contribution in [0.15, 0.2) is 453 Å². The highest BCUT2D eigenvalue weighted by molar-refractivity contribution is 6.24. The van der Waals surface area contributed by atoms with Gasteiger partial charge in [-0.1, -0.05) is 182 Å².